The van der Waals surface area contributed by atoms with Gasteiger partial charge in [0.2, 0.25) is 0 Å². The van der Waals surface area contributed by atoms with E-state index >= 15 is 0 Å². The van der Waals surface area contributed by atoms with E-state index in [1.807, 2.05) is 0 Å². The molecule has 0 saturated heterocycles. The molecule has 0 N–H and O–H groups in total. The van der Waals surface area contributed by atoms with Gasteiger partial charge in [-0.05, 0) is 83.0 Å². The van der Waals surface area contributed by atoms with Gasteiger partial charge in [-0.1, -0.05) is 15.9 Å². The number of nitrogens with zero attached hydrogens (tertiary/aromatic N) is 4. The second-order valence-electron chi connectivity index (χ2n) is 8.56. The Morgan fingerprint density at radius 1 is 0.931 bits per heavy atom. The Labute approximate surface area is 181 Å². The molecule has 0 bridgehead atoms. The highest BCUT2D eigenvalue weighted by molar-refractivity contribution is 9.10. The lowest BCUT2D eigenvalue weighted by molar-refractivity contribution is 0.169. The van der Waals surface area contributed by atoms with Crippen molar-refractivity contribution in [1.29, 1.82) is 0 Å². The monoisotopic (exact) mass is 452 g/mol. The molecule has 2 aromatic carbocycles. The summed E-state index contributed by atoms with van der Waals surface area (Å²) in [5.41, 5.74) is 7.58. The Morgan fingerprint density at radius 2 is 1.55 bits per heavy atom. The van der Waals surface area contributed by atoms with Crippen LogP contribution in [0.15, 0.2) is 34.8 Å². The van der Waals surface area contributed by atoms with Gasteiger partial charge in [0.05, 0.1) is 16.6 Å². The van der Waals surface area contributed by atoms with Crippen LogP contribution in [0.25, 0.3) is 33.1 Å². The summed E-state index contributed by atoms with van der Waals surface area (Å²) in [4.78, 5) is 12.7. The summed E-state index contributed by atoms with van der Waals surface area (Å²) in [7, 11) is 0. The molecular weight excluding hydrogens is 424 g/mol. The van der Waals surface area contributed by atoms with Crippen molar-refractivity contribution in [2.75, 3.05) is 6.54 Å². The first-order chi connectivity index (χ1) is 13.8. The zero-order valence-electron chi connectivity index (χ0n) is 18.1. The Balaban J connectivity index is 1.93. The van der Waals surface area contributed by atoms with E-state index in [0.717, 1.165) is 45.1 Å². The minimum atomic E-state index is 0.509. The van der Waals surface area contributed by atoms with E-state index in [2.05, 4.69) is 97.3 Å². The van der Waals surface area contributed by atoms with E-state index in [1.165, 1.54) is 16.6 Å². The summed E-state index contributed by atoms with van der Waals surface area (Å²) in [6, 6.07) is 11.8. The van der Waals surface area contributed by atoms with E-state index in [1.54, 1.807) is 0 Å². The molecule has 0 spiro atoms. The van der Waals surface area contributed by atoms with Crippen LogP contribution in [-0.4, -0.2) is 38.1 Å². The van der Waals surface area contributed by atoms with Gasteiger partial charge in [-0.25, -0.2) is 9.97 Å². The highest BCUT2D eigenvalue weighted by atomic mass is 79.9. The maximum absolute atomic E-state index is 5.08. The topological polar surface area (TPSA) is 34.0 Å². The van der Waals surface area contributed by atoms with Crippen LogP contribution in [0.4, 0.5) is 0 Å². The third-order valence-electron chi connectivity index (χ3n) is 5.93. The van der Waals surface area contributed by atoms with Crippen molar-refractivity contribution in [3.63, 3.8) is 0 Å². The van der Waals surface area contributed by atoms with Crippen LogP contribution < -0.4 is 0 Å². The molecule has 0 aliphatic carbocycles. The standard InChI is InChI=1S/C24H29BrN4/c1-14(2)28(15(3)4)9-10-29-22-8-7-18(25)13-19(22)23-24(29)27-21-12-17(6)16(5)11-20(21)26-23/h7-8,11-15H,9-10H2,1-6H3. The van der Waals surface area contributed by atoms with Crippen LogP contribution in [0.3, 0.4) is 0 Å². The summed E-state index contributed by atoms with van der Waals surface area (Å²) in [5, 5.41) is 1.16. The van der Waals surface area contributed by atoms with Crippen molar-refractivity contribution in [3.05, 3.63) is 45.9 Å². The van der Waals surface area contributed by atoms with E-state index in [0.29, 0.717) is 12.1 Å². The fraction of sp³-hybridized carbons (Fsp3) is 0.417. The molecule has 4 nitrogen and oxygen atoms in total. The number of hydrogen-bond donors (Lipinski definition) is 0. The van der Waals surface area contributed by atoms with Crippen LogP contribution in [0.1, 0.15) is 38.8 Å². The molecule has 0 atom stereocenters. The summed E-state index contributed by atoms with van der Waals surface area (Å²) >= 11 is 3.63. The molecule has 0 radical (unpaired) electrons. The lowest BCUT2D eigenvalue weighted by Crippen LogP contribution is -2.39. The van der Waals surface area contributed by atoms with Crippen molar-refractivity contribution < 1.29 is 0 Å². The van der Waals surface area contributed by atoms with Gasteiger partial charge in [-0.2, -0.15) is 0 Å². The molecule has 29 heavy (non-hydrogen) atoms. The number of fused-ring (bicyclic) bond motifs is 4. The van der Waals surface area contributed by atoms with E-state index in [9.17, 15) is 0 Å². The van der Waals surface area contributed by atoms with Crippen molar-refractivity contribution in [3.8, 4) is 0 Å². The number of rotatable bonds is 5. The predicted molar refractivity (Wildman–Crippen MR) is 127 cm³/mol. The van der Waals surface area contributed by atoms with Crippen LogP contribution in [0, 0.1) is 13.8 Å². The average Bonchev–Trinajstić information content (AvgIpc) is 2.93. The Morgan fingerprint density at radius 3 is 2.17 bits per heavy atom. The molecule has 0 unspecified atom stereocenters. The zero-order valence-corrected chi connectivity index (χ0v) is 19.7. The molecule has 0 aliphatic heterocycles. The quantitative estimate of drug-likeness (QED) is 0.359. The van der Waals surface area contributed by atoms with Crippen LogP contribution in [0.2, 0.25) is 0 Å². The minimum absolute atomic E-state index is 0.509. The molecule has 0 aliphatic rings. The number of benzene rings is 2. The van der Waals surface area contributed by atoms with Crippen molar-refractivity contribution >= 4 is 49.0 Å². The third-order valence-corrected chi connectivity index (χ3v) is 6.42. The number of halogens is 1. The average molecular weight is 453 g/mol. The number of aromatic nitrogens is 3. The lowest BCUT2D eigenvalue weighted by atomic mass is 10.1. The highest BCUT2D eigenvalue weighted by Gasteiger charge is 2.18. The Bertz CT molecular complexity index is 1200. The Kier molecular flexibility index (Phi) is 5.38. The molecule has 0 amide bonds. The highest BCUT2D eigenvalue weighted by Crippen LogP contribution is 2.31. The van der Waals surface area contributed by atoms with Gasteiger partial charge in [-0.15, -0.1) is 0 Å². The van der Waals surface area contributed by atoms with E-state index in [-0.39, 0.29) is 0 Å². The molecule has 2 aromatic heterocycles. The largest absolute Gasteiger partial charge is 0.323 e. The van der Waals surface area contributed by atoms with Crippen molar-refractivity contribution in [2.45, 2.75) is 60.2 Å². The molecule has 0 saturated carbocycles. The molecular formula is C24H29BrN4. The summed E-state index contributed by atoms with van der Waals surface area (Å²) in [6.45, 7) is 15.2. The van der Waals surface area contributed by atoms with Gasteiger partial charge in [0.1, 0.15) is 5.52 Å². The molecule has 0 fully saturated rings. The summed E-state index contributed by atoms with van der Waals surface area (Å²) in [6.07, 6.45) is 0. The SMILES string of the molecule is Cc1cc2nc3c4cc(Br)ccc4n(CCN(C(C)C)C(C)C)c3nc2cc1C. The fourth-order valence-corrected chi connectivity index (χ4v) is 4.63. The minimum Gasteiger partial charge on any atom is -0.323 e. The maximum Gasteiger partial charge on any atom is 0.160 e. The number of aryl methyl sites for hydroxylation is 2. The molecule has 5 heteroatoms. The molecule has 4 rings (SSSR count). The summed E-state index contributed by atoms with van der Waals surface area (Å²) in [5.74, 6) is 0. The van der Waals surface area contributed by atoms with Crippen LogP contribution in [0.5, 0.6) is 0 Å². The van der Waals surface area contributed by atoms with Crippen molar-refractivity contribution in [2.24, 2.45) is 0 Å². The van der Waals surface area contributed by atoms with Gasteiger partial charge in [0.15, 0.2) is 5.65 Å². The fourth-order valence-electron chi connectivity index (χ4n) is 4.27. The number of hydrogen-bond acceptors (Lipinski definition) is 3. The normalized spacial score (nSPS) is 12.5. The van der Waals surface area contributed by atoms with Gasteiger partial charge in [0.25, 0.3) is 0 Å². The van der Waals surface area contributed by atoms with Gasteiger partial charge < -0.3 is 4.57 Å². The predicted octanol–water partition coefficient (Wildman–Crippen LogP) is 6.24. The molecule has 2 heterocycles. The second kappa shape index (κ2) is 7.69. The second-order valence-corrected chi connectivity index (χ2v) is 9.48. The van der Waals surface area contributed by atoms with Crippen molar-refractivity contribution in [1.82, 2.24) is 19.4 Å². The molecule has 152 valence electrons. The van der Waals surface area contributed by atoms with E-state index < -0.39 is 0 Å². The smallest absolute Gasteiger partial charge is 0.160 e. The zero-order chi connectivity index (χ0) is 20.9. The lowest BCUT2D eigenvalue weighted by Gasteiger charge is -2.30. The van der Waals surface area contributed by atoms with E-state index in [4.69, 9.17) is 9.97 Å². The molecule has 4 aromatic rings. The van der Waals surface area contributed by atoms with Crippen LogP contribution in [-0.2, 0) is 6.54 Å². The Hall–Kier alpha value is -1.98. The first-order valence-corrected chi connectivity index (χ1v) is 11.2. The van der Waals surface area contributed by atoms with Gasteiger partial charge >= 0.3 is 0 Å². The van der Waals surface area contributed by atoms with Crippen LogP contribution >= 0.6 is 15.9 Å². The third kappa shape index (κ3) is 3.66. The first-order valence-electron chi connectivity index (χ1n) is 10.4. The van der Waals surface area contributed by atoms with Gasteiger partial charge in [0, 0.05) is 35.0 Å². The maximum atomic E-state index is 5.08. The summed E-state index contributed by atoms with van der Waals surface area (Å²) < 4.78 is 3.41. The van der Waals surface area contributed by atoms with Gasteiger partial charge in [-0.3, -0.25) is 4.90 Å². The first kappa shape index (κ1) is 20.3.